The van der Waals surface area contributed by atoms with Crippen molar-refractivity contribution in [2.45, 2.75) is 0 Å². The molecule has 0 aromatic heterocycles. The van der Waals surface area contributed by atoms with Crippen LogP contribution in [0.4, 0.5) is 0 Å². The minimum Gasteiger partial charge on any atom is -0.354 e. The molecule has 0 spiro atoms. The third-order valence-corrected chi connectivity index (χ3v) is 3.51. The van der Waals surface area contributed by atoms with Gasteiger partial charge in [0, 0.05) is 23.7 Å². The van der Waals surface area contributed by atoms with E-state index in [4.69, 9.17) is 11.6 Å². The maximum absolute atomic E-state index is 11.8. The fourth-order valence-electron chi connectivity index (χ4n) is 1.33. The molecule has 0 atom stereocenters. The Morgan fingerprint density at radius 1 is 1.16 bits per heavy atom. The van der Waals surface area contributed by atoms with E-state index < -0.39 is 0 Å². The first-order valence-electron chi connectivity index (χ1n) is 5.91. The number of carbonyl (C=O) groups is 2. The van der Waals surface area contributed by atoms with E-state index in [1.54, 1.807) is 24.3 Å². The first-order valence-corrected chi connectivity index (χ1v) is 7.44. The Hall–Kier alpha value is -1.04. The molecule has 1 amide bonds. The van der Waals surface area contributed by atoms with Crippen LogP contribution < -0.4 is 10.6 Å². The number of amides is 1. The lowest BCUT2D eigenvalue weighted by Gasteiger charge is -2.04. The van der Waals surface area contributed by atoms with Gasteiger partial charge in [0.1, 0.15) is 0 Å². The number of Topliss-reactive ketones (excluding diaryl/α,β-unsaturated/α-hetero) is 1. The summed E-state index contributed by atoms with van der Waals surface area (Å²) in [7, 11) is 1.83. The molecule has 19 heavy (non-hydrogen) atoms. The second-order valence-electron chi connectivity index (χ2n) is 3.88. The third kappa shape index (κ3) is 6.61. The lowest BCUT2D eigenvalue weighted by molar-refractivity contribution is -0.118. The molecule has 1 rings (SSSR count). The molecule has 2 N–H and O–H groups in total. The number of ketones is 1. The lowest BCUT2D eigenvalue weighted by Crippen LogP contribution is -2.31. The zero-order valence-electron chi connectivity index (χ0n) is 10.7. The summed E-state index contributed by atoms with van der Waals surface area (Å²) in [5.41, 5.74) is 0.618. The predicted molar refractivity (Wildman–Crippen MR) is 80.0 cm³/mol. The molecule has 0 aliphatic heterocycles. The topological polar surface area (TPSA) is 58.2 Å². The summed E-state index contributed by atoms with van der Waals surface area (Å²) >= 11 is 7.06. The summed E-state index contributed by atoms with van der Waals surface area (Å²) in [6.45, 7) is 1.33. The fraction of sp³-hybridized carbons (Fsp3) is 0.385. The Morgan fingerprint density at radius 3 is 2.47 bits per heavy atom. The SMILES string of the molecule is CNCCNC(=O)CSCC(=O)c1ccc(Cl)cc1. The van der Waals surface area contributed by atoms with Gasteiger partial charge in [-0.1, -0.05) is 11.6 Å². The molecule has 0 heterocycles. The van der Waals surface area contributed by atoms with E-state index in [-0.39, 0.29) is 11.7 Å². The van der Waals surface area contributed by atoms with Crippen molar-refractivity contribution in [3.05, 3.63) is 34.9 Å². The van der Waals surface area contributed by atoms with Crippen molar-refractivity contribution >= 4 is 35.1 Å². The highest BCUT2D eigenvalue weighted by Gasteiger charge is 2.07. The van der Waals surface area contributed by atoms with Crippen LogP contribution >= 0.6 is 23.4 Å². The summed E-state index contributed by atoms with van der Waals surface area (Å²) in [6, 6.07) is 6.75. The molecule has 6 heteroatoms. The van der Waals surface area contributed by atoms with E-state index in [0.717, 1.165) is 6.54 Å². The van der Waals surface area contributed by atoms with E-state index in [2.05, 4.69) is 10.6 Å². The summed E-state index contributed by atoms with van der Waals surface area (Å²) in [5, 5.41) is 6.30. The lowest BCUT2D eigenvalue weighted by atomic mass is 10.1. The Kier molecular flexibility index (Phi) is 7.55. The highest BCUT2D eigenvalue weighted by Crippen LogP contribution is 2.12. The van der Waals surface area contributed by atoms with Gasteiger partial charge in [-0.15, -0.1) is 11.8 Å². The van der Waals surface area contributed by atoms with E-state index in [0.29, 0.717) is 28.6 Å². The maximum Gasteiger partial charge on any atom is 0.230 e. The average molecular weight is 301 g/mol. The molecule has 0 fully saturated rings. The van der Waals surface area contributed by atoms with Crippen LogP contribution in [-0.2, 0) is 4.79 Å². The van der Waals surface area contributed by atoms with Gasteiger partial charge in [0.05, 0.1) is 11.5 Å². The van der Waals surface area contributed by atoms with Gasteiger partial charge < -0.3 is 10.6 Å². The Balaban J connectivity index is 2.23. The van der Waals surface area contributed by atoms with Gasteiger partial charge in [-0.05, 0) is 31.3 Å². The average Bonchev–Trinajstić information content (AvgIpc) is 2.39. The molecule has 104 valence electrons. The largest absolute Gasteiger partial charge is 0.354 e. The number of rotatable bonds is 8. The first-order chi connectivity index (χ1) is 9.13. The van der Waals surface area contributed by atoms with Gasteiger partial charge in [-0.3, -0.25) is 9.59 Å². The Labute approximate surface area is 122 Å². The van der Waals surface area contributed by atoms with E-state index >= 15 is 0 Å². The third-order valence-electron chi connectivity index (χ3n) is 2.33. The zero-order valence-corrected chi connectivity index (χ0v) is 12.3. The van der Waals surface area contributed by atoms with Crippen molar-refractivity contribution in [1.82, 2.24) is 10.6 Å². The number of likely N-dealkylation sites (N-methyl/N-ethyl adjacent to an activating group) is 1. The monoisotopic (exact) mass is 300 g/mol. The Morgan fingerprint density at radius 2 is 1.84 bits per heavy atom. The molecule has 0 unspecified atom stereocenters. The van der Waals surface area contributed by atoms with Crippen LogP contribution in [0.5, 0.6) is 0 Å². The van der Waals surface area contributed by atoms with Gasteiger partial charge >= 0.3 is 0 Å². The van der Waals surface area contributed by atoms with Gasteiger partial charge in [0.25, 0.3) is 0 Å². The standard InChI is InChI=1S/C13H17ClN2O2S/c1-15-6-7-16-13(18)9-19-8-12(17)10-2-4-11(14)5-3-10/h2-5,15H,6-9H2,1H3,(H,16,18). The van der Waals surface area contributed by atoms with Gasteiger partial charge in [0.2, 0.25) is 5.91 Å². The van der Waals surface area contributed by atoms with Crippen LogP contribution in [0.1, 0.15) is 10.4 Å². The van der Waals surface area contributed by atoms with Crippen LogP contribution in [0.15, 0.2) is 24.3 Å². The van der Waals surface area contributed by atoms with Crippen molar-refractivity contribution in [2.75, 3.05) is 31.6 Å². The number of hydrogen-bond acceptors (Lipinski definition) is 4. The highest BCUT2D eigenvalue weighted by atomic mass is 35.5. The molecule has 4 nitrogen and oxygen atoms in total. The Bertz CT molecular complexity index is 423. The van der Waals surface area contributed by atoms with Crippen molar-refractivity contribution < 1.29 is 9.59 Å². The quantitative estimate of drug-likeness (QED) is 0.565. The number of benzene rings is 1. The van der Waals surface area contributed by atoms with Crippen molar-refractivity contribution in [3.63, 3.8) is 0 Å². The van der Waals surface area contributed by atoms with Gasteiger partial charge in [-0.25, -0.2) is 0 Å². The molecule has 0 saturated heterocycles. The molecule has 0 aliphatic rings. The highest BCUT2D eigenvalue weighted by molar-refractivity contribution is 8.00. The molecule has 0 saturated carbocycles. The number of thioether (sulfide) groups is 1. The number of nitrogens with one attached hydrogen (secondary N) is 2. The van der Waals surface area contributed by atoms with Crippen LogP contribution in [0, 0.1) is 0 Å². The summed E-state index contributed by atoms with van der Waals surface area (Å²) in [5.74, 6) is 0.540. The minimum atomic E-state index is -0.0517. The number of carbonyl (C=O) groups excluding carboxylic acids is 2. The van der Waals surface area contributed by atoms with E-state index in [1.165, 1.54) is 11.8 Å². The van der Waals surface area contributed by atoms with E-state index in [1.807, 2.05) is 7.05 Å². The minimum absolute atomic E-state index is 0.00434. The van der Waals surface area contributed by atoms with Crippen LogP contribution in [0.2, 0.25) is 5.02 Å². The van der Waals surface area contributed by atoms with Crippen LogP contribution in [0.3, 0.4) is 0 Å². The molecule has 0 aliphatic carbocycles. The van der Waals surface area contributed by atoms with Crippen molar-refractivity contribution in [1.29, 1.82) is 0 Å². The summed E-state index contributed by atoms with van der Waals surface area (Å²) in [6.07, 6.45) is 0. The molecular formula is C13H17ClN2O2S. The van der Waals surface area contributed by atoms with Crippen LogP contribution in [0.25, 0.3) is 0 Å². The van der Waals surface area contributed by atoms with Crippen molar-refractivity contribution in [3.8, 4) is 0 Å². The zero-order chi connectivity index (χ0) is 14.1. The predicted octanol–water partition coefficient (Wildman–Crippen LogP) is 1.59. The molecule has 0 bridgehead atoms. The number of hydrogen-bond donors (Lipinski definition) is 2. The second kappa shape index (κ2) is 8.96. The first kappa shape index (κ1) is 16.0. The summed E-state index contributed by atoms with van der Waals surface area (Å²) < 4.78 is 0. The van der Waals surface area contributed by atoms with E-state index in [9.17, 15) is 9.59 Å². The molecule has 1 aromatic rings. The number of halogens is 1. The smallest absolute Gasteiger partial charge is 0.230 e. The second-order valence-corrected chi connectivity index (χ2v) is 5.30. The maximum atomic E-state index is 11.8. The molecule has 1 aromatic carbocycles. The van der Waals surface area contributed by atoms with Gasteiger partial charge in [0.15, 0.2) is 5.78 Å². The summed E-state index contributed by atoms with van der Waals surface area (Å²) in [4.78, 5) is 23.2. The molecular weight excluding hydrogens is 284 g/mol. The van der Waals surface area contributed by atoms with Crippen LogP contribution in [-0.4, -0.2) is 43.3 Å². The van der Waals surface area contributed by atoms with Crippen molar-refractivity contribution in [2.24, 2.45) is 0 Å². The van der Waals surface area contributed by atoms with Gasteiger partial charge in [-0.2, -0.15) is 0 Å². The normalized spacial score (nSPS) is 10.2. The fourth-order valence-corrected chi connectivity index (χ4v) is 2.20. The molecule has 0 radical (unpaired) electrons.